The Morgan fingerprint density at radius 1 is 0.391 bits per heavy atom. The van der Waals surface area contributed by atoms with Crippen molar-refractivity contribution in [3.63, 3.8) is 0 Å². The molecule has 0 unspecified atom stereocenters. The van der Waals surface area contributed by atoms with Crippen molar-refractivity contribution in [2.24, 2.45) is 0 Å². The van der Waals surface area contributed by atoms with E-state index in [9.17, 15) is 0 Å². The molecule has 0 aliphatic rings. The van der Waals surface area contributed by atoms with Crippen molar-refractivity contribution < 1.29 is 28.4 Å². The Morgan fingerprint density at radius 2 is 0.761 bits per heavy atom. The van der Waals surface area contributed by atoms with E-state index in [2.05, 4.69) is 94.1 Å². The molecule has 8 nitrogen and oxygen atoms in total. The van der Waals surface area contributed by atoms with Gasteiger partial charge in [0.25, 0.3) is 0 Å². The summed E-state index contributed by atoms with van der Waals surface area (Å²) in [7, 11) is 3.35. The van der Waals surface area contributed by atoms with E-state index in [4.69, 9.17) is 28.4 Å². The molecule has 0 N–H and O–H groups in total. The van der Waals surface area contributed by atoms with Crippen molar-refractivity contribution >= 4 is 43.6 Å². The van der Waals surface area contributed by atoms with E-state index in [-0.39, 0.29) is 0 Å². The smallest absolute Gasteiger partial charge is 0.0701 e. The highest BCUT2D eigenvalue weighted by Crippen LogP contribution is 2.36. The first kappa shape index (κ1) is 32.2. The monoisotopic (exact) mass is 624 g/mol. The number of methoxy groups -OCH3 is 2. The first-order valence-electron chi connectivity index (χ1n) is 16.1. The topological polar surface area (TPSA) is 65.2 Å². The molecule has 0 saturated heterocycles. The van der Waals surface area contributed by atoms with E-state index in [1.807, 2.05) is 0 Å². The maximum atomic E-state index is 5.90. The Balaban J connectivity index is 1.21. The summed E-state index contributed by atoms with van der Waals surface area (Å²) in [4.78, 5) is 0. The van der Waals surface area contributed by atoms with Crippen molar-refractivity contribution in [3.05, 3.63) is 84.9 Å². The number of ether oxygens (including phenoxy) is 6. The van der Waals surface area contributed by atoms with E-state index in [1.54, 1.807) is 14.2 Å². The Kier molecular flexibility index (Phi) is 11.3. The number of hydrogen-bond acceptors (Lipinski definition) is 6. The van der Waals surface area contributed by atoms with Gasteiger partial charge in [-0.05, 0) is 47.5 Å². The molecule has 2 heterocycles. The van der Waals surface area contributed by atoms with Crippen LogP contribution in [0.2, 0.25) is 0 Å². The minimum absolute atomic E-state index is 0.571. The van der Waals surface area contributed by atoms with E-state index in [0.717, 1.165) is 13.1 Å². The maximum Gasteiger partial charge on any atom is 0.0701 e. The van der Waals surface area contributed by atoms with Gasteiger partial charge in [-0.1, -0.05) is 48.5 Å². The molecule has 0 fully saturated rings. The molecule has 0 radical (unpaired) electrons. The van der Waals surface area contributed by atoms with Crippen molar-refractivity contribution in [2.45, 2.75) is 13.1 Å². The third-order valence-corrected chi connectivity index (χ3v) is 8.40. The van der Waals surface area contributed by atoms with Crippen LogP contribution in [0.1, 0.15) is 0 Å². The number of fused-ring (bicyclic) bond motifs is 6. The molecule has 0 saturated carbocycles. The SMILES string of the molecule is COCCOCCOCCn1c2ccccc2c2cc(-c3ccc4c(c3)c3ccccc3n4CCOCCOCCOC)ccc21. The lowest BCUT2D eigenvalue weighted by Crippen LogP contribution is -2.11. The van der Waals surface area contributed by atoms with E-state index in [1.165, 1.54) is 54.7 Å². The molecule has 242 valence electrons. The first-order valence-corrected chi connectivity index (χ1v) is 16.1. The Labute approximate surface area is 270 Å². The normalized spacial score (nSPS) is 12.0. The summed E-state index contributed by atoms with van der Waals surface area (Å²) < 4.78 is 37.6. The molecule has 6 aromatic rings. The zero-order chi connectivity index (χ0) is 31.6. The summed E-state index contributed by atoms with van der Waals surface area (Å²) in [5.74, 6) is 0. The van der Waals surface area contributed by atoms with Gasteiger partial charge in [-0.15, -0.1) is 0 Å². The minimum atomic E-state index is 0.571. The molecule has 46 heavy (non-hydrogen) atoms. The van der Waals surface area contributed by atoms with Crippen LogP contribution >= 0.6 is 0 Å². The van der Waals surface area contributed by atoms with Gasteiger partial charge < -0.3 is 37.6 Å². The third-order valence-electron chi connectivity index (χ3n) is 8.40. The van der Waals surface area contributed by atoms with Gasteiger partial charge >= 0.3 is 0 Å². The summed E-state index contributed by atoms with van der Waals surface area (Å²) in [5, 5.41) is 5.01. The van der Waals surface area contributed by atoms with Gasteiger partial charge in [-0.25, -0.2) is 0 Å². The highest BCUT2D eigenvalue weighted by atomic mass is 16.5. The fourth-order valence-corrected chi connectivity index (χ4v) is 6.19. The fraction of sp³-hybridized carbons (Fsp3) is 0.368. The summed E-state index contributed by atoms with van der Waals surface area (Å²) in [5.41, 5.74) is 7.28. The quantitative estimate of drug-likeness (QED) is 0.0912. The summed E-state index contributed by atoms with van der Waals surface area (Å²) in [6, 6.07) is 30.9. The average Bonchev–Trinajstić information content (AvgIpc) is 3.58. The number of aromatic nitrogens is 2. The van der Waals surface area contributed by atoms with Gasteiger partial charge in [0.15, 0.2) is 0 Å². The van der Waals surface area contributed by atoms with Crippen molar-refractivity contribution in [1.29, 1.82) is 0 Å². The second-order valence-corrected chi connectivity index (χ2v) is 11.2. The van der Waals surface area contributed by atoms with Crippen LogP contribution < -0.4 is 0 Å². The van der Waals surface area contributed by atoms with Gasteiger partial charge in [0.05, 0.1) is 66.1 Å². The molecule has 0 aliphatic carbocycles. The van der Waals surface area contributed by atoms with E-state index in [0.29, 0.717) is 66.1 Å². The van der Waals surface area contributed by atoms with Crippen LogP contribution in [-0.2, 0) is 41.5 Å². The Bertz CT molecular complexity index is 1720. The van der Waals surface area contributed by atoms with Gasteiger partial charge in [0.1, 0.15) is 0 Å². The minimum Gasteiger partial charge on any atom is -0.382 e. The van der Waals surface area contributed by atoms with Gasteiger partial charge in [0.2, 0.25) is 0 Å². The van der Waals surface area contributed by atoms with Crippen LogP contribution in [0.15, 0.2) is 84.9 Å². The zero-order valence-electron chi connectivity index (χ0n) is 26.9. The summed E-state index contributed by atoms with van der Waals surface area (Å²) in [6.45, 7) is 7.46. The highest BCUT2D eigenvalue weighted by Gasteiger charge is 2.14. The van der Waals surface area contributed by atoms with E-state index >= 15 is 0 Å². The van der Waals surface area contributed by atoms with Crippen LogP contribution in [0.5, 0.6) is 0 Å². The van der Waals surface area contributed by atoms with Crippen molar-refractivity contribution in [2.75, 3.05) is 80.3 Å². The zero-order valence-corrected chi connectivity index (χ0v) is 26.9. The molecule has 6 rings (SSSR count). The summed E-state index contributed by atoms with van der Waals surface area (Å²) in [6.07, 6.45) is 0. The average molecular weight is 625 g/mol. The largest absolute Gasteiger partial charge is 0.382 e. The Hall–Kier alpha value is -3.76. The van der Waals surface area contributed by atoms with Crippen molar-refractivity contribution in [3.8, 4) is 11.1 Å². The molecular formula is C38H44N2O6. The predicted octanol–water partition coefficient (Wildman–Crippen LogP) is 6.93. The summed E-state index contributed by atoms with van der Waals surface area (Å²) >= 11 is 0. The third kappa shape index (κ3) is 7.28. The molecule has 0 atom stereocenters. The first-order chi connectivity index (χ1) is 22.8. The molecule has 0 aliphatic heterocycles. The highest BCUT2D eigenvalue weighted by molar-refractivity contribution is 6.11. The lowest BCUT2D eigenvalue weighted by atomic mass is 10.0. The second-order valence-electron chi connectivity index (χ2n) is 11.2. The van der Waals surface area contributed by atoms with Crippen LogP contribution in [0.4, 0.5) is 0 Å². The lowest BCUT2D eigenvalue weighted by molar-refractivity contribution is 0.0234. The standard InChI is InChI=1S/C38H44N2O6/c1-41-19-21-45-25-23-43-17-15-39-35-9-5-3-7-31(35)33-27-29(11-13-37(33)39)30-12-14-38-34(28-30)32-8-4-6-10-36(32)40(38)16-18-44-24-26-46-22-20-42-2/h3-14,27-28H,15-26H2,1-2H3. The van der Waals surface area contributed by atoms with Crippen molar-refractivity contribution in [1.82, 2.24) is 9.13 Å². The number of nitrogens with zero attached hydrogens (tertiary/aromatic N) is 2. The molecule has 0 amide bonds. The second kappa shape index (κ2) is 16.2. The Morgan fingerprint density at radius 3 is 1.20 bits per heavy atom. The van der Waals surface area contributed by atoms with E-state index < -0.39 is 0 Å². The van der Waals surface area contributed by atoms with Crippen LogP contribution in [0, 0.1) is 0 Å². The number of hydrogen-bond donors (Lipinski definition) is 0. The van der Waals surface area contributed by atoms with Crippen LogP contribution in [0.3, 0.4) is 0 Å². The molecule has 0 bridgehead atoms. The predicted molar refractivity (Wildman–Crippen MR) is 185 cm³/mol. The molecule has 0 spiro atoms. The molecule has 2 aromatic heterocycles. The number of benzene rings is 4. The lowest BCUT2D eigenvalue weighted by Gasteiger charge is -2.10. The van der Waals surface area contributed by atoms with Crippen LogP contribution in [0.25, 0.3) is 54.7 Å². The number of para-hydroxylation sites is 2. The molecular weight excluding hydrogens is 580 g/mol. The molecule has 8 heteroatoms. The fourth-order valence-electron chi connectivity index (χ4n) is 6.19. The van der Waals surface area contributed by atoms with Gasteiger partial charge in [0, 0.05) is 70.9 Å². The molecule has 4 aromatic carbocycles. The van der Waals surface area contributed by atoms with Crippen LogP contribution in [-0.4, -0.2) is 89.4 Å². The maximum absolute atomic E-state index is 5.90. The number of rotatable bonds is 19. The van der Waals surface area contributed by atoms with Gasteiger partial charge in [-0.3, -0.25) is 0 Å². The van der Waals surface area contributed by atoms with Gasteiger partial charge in [-0.2, -0.15) is 0 Å².